The third-order valence-electron chi connectivity index (χ3n) is 3.01. The fraction of sp³-hybridized carbons (Fsp3) is 0.364. The van der Waals surface area contributed by atoms with Crippen molar-refractivity contribution in [3.63, 3.8) is 0 Å². The van der Waals surface area contributed by atoms with Crippen LogP contribution in [0, 0.1) is 0 Å². The van der Waals surface area contributed by atoms with Crippen LogP contribution in [0.3, 0.4) is 0 Å². The Kier molecular flexibility index (Phi) is 4.29. The molecular weight excluding hydrogens is 399 g/mol. The first-order valence-corrected chi connectivity index (χ1v) is 8.76. The Labute approximate surface area is 131 Å². The molecule has 0 bridgehead atoms. The van der Waals surface area contributed by atoms with Crippen LogP contribution >= 0.6 is 26.6 Å². The number of benzene rings is 1. The standard InChI is InChI=1S/C11H8BrClF3NO3S/c12-7-1-6(11(14,15)16)2-8(3-7)17-5-9(4-10(17)18)21(13,19)20/h1-3,9H,4-5H2. The van der Waals surface area contributed by atoms with E-state index in [0.717, 1.165) is 17.0 Å². The number of rotatable bonds is 2. The monoisotopic (exact) mass is 405 g/mol. The first kappa shape index (κ1) is 16.6. The van der Waals surface area contributed by atoms with Crippen molar-refractivity contribution in [1.29, 1.82) is 0 Å². The van der Waals surface area contributed by atoms with E-state index in [4.69, 9.17) is 10.7 Å². The number of hydrogen-bond donors (Lipinski definition) is 0. The Morgan fingerprint density at radius 1 is 1.29 bits per heavy atom. The molecular formula is C11H8BrClF3NO3S. The lowest BCUT2D eigenvalue weighted by atomic mass is 10.2. The van der Waals surface area contributed by atoms with Gasteiger partial charge in [0.15, 0.2) is 0 Å². The molecule has 1 fully saturated rings. The van der Waals surface area contributed by atoms with E-state index in [1.165, 1.54) is 6.07 Å². The Hall–Kier alpha value is -0.800. The van der Waals surface area contributed by atoms with Crippen molar-refractivity contribution < 1.29 is 26.4 Å². The number of nitrogens with zero attached hydrogens (tertiary/aromatic N) is 1. The van der Waals surface area contributed by atoms with Gasteiger partial charge in [0, 0.05) is 33.8 Å². The number of carbonyl (C=O) groups excluding carboxylic acids is 1. The molecule has 0 aromatic heterocycles. The van der Waals surface area contributed by atoms with Crippen LogP contribution in [0.25, 0.3) is 0 Å². The molecule has 1 saturated heterocycles. The summed E-state index contributed by atoms with van der Waals surface area (Å²) in [4.78, 5) is 12.8. The molecule has 1 aromatic rings. The van der Waals surface area contributed by atoms with Crippen molar-refractivity contribution in [3.8, 4) is 0 Å². The maximum absolute atomic E-state index is 12.8. The summed E-state index contributed by atoms with van der Waals surface area (Å²) in [5.74, 6) is -0.588. The largest absolute Gasteiger partial charge is 0.416 e. The molecule has 21 heavy (non-hydrogen) atoms. The molecule has 1 aromatic carbocycles. The minimum Gasteiger partial charge on any atom is -0.311 e. The summed E-state index contributed by atoms with van der Waals surface area (Å²) in [7, 11) is 1.25. The van der Waals surface area contributed by atoms with Crippen LogP contribution in [0.2, 0.25) is 0 Å². The summed E-state index contributed by atoms with van der Waals surface area (Å²) in [6.45, 7) is -0.265. The minimum atomic E-state index is -4.57. The lowest BCUT2D eigenvalue weighted by Gasteiger charge is -2.18. The summed E-state index contributed by atoms with van der Waals surface area (Å²) < 4.78 is 60.9. The molecule has 1 aliphatic rings. The Bertz CT molecular complexity index is 692. The molecule has 0 saturated carbocycles. The van der Waals surface area contributed by atoms with Crippen LogP contribution in [0.5, 0.6) is 0 Å². The van der Waals surface area contributed by atoms with Gasteiger partial charge in [0.2, 0.25) is 15.0 Å². The summed E-state index contributed by atoms with van der Waals surface area (Å²) in [5, 5.41) is -1.13. The van der Waals surface area contributed by atoms with Crippen LogP contribution in [-0.2, 0) is 20.0 Å². The predicted molar refractivity (Wildman–Crippen MR) is 74.7 cm³/mol. The van der Waals surface area contributed by atoms with E-state index in [2.05, 4.69) is 15.9 Å². The van der Waals surface area contributed by atoms with Crippen LogP contribution < -0.4 is 4.90 Å². The minimum absolute atomic E-state index is 0.0236. The molecule has 1 amide bonds. The first-order chi connectivity index (χ1) is 9.48. The fourth-order valence-electron chi connectivity index (χ4n) is 2.01. The molecule has 1 heterocycles. The van der Waals surface area contributed by atoms with Crippen LogP contribution in [0.1, 0.15) is 12.0 Å². The van der Waals surface area contributed by atoms with Gasteiger partial charge >= 0.3 is 6.18 Å². The van der Waals surface area contributed by atoms with Gasteiger partial charge in [-0.3, -0.25) is 4.79 Å². The van der Waals surface area contributed by atoms with E-state index in [1.54, 1.807) is 0 Å². The quantitative estimate of drug-likeness (QED) is 0.709. The van der Waals surface area contributed by atoms with Gasteiger partial charge in [0.05, 0.1) is 5.56 Å². The fourth-order valence-corrected chi connectivity index (χ4v) is 3.51. The normalized spacial score (nSPS) is 20.1. The highest BCUT2D eigenvalue weighted by molar-refractivity contribution is 9.10. The number of carbonyl (C=O) groups is 1. The van der Waals surface area contributed by atoms with Crippen molar-refractivity contribution in [3.05, 3.63) is 28.2 Å². The smallest absolute Gasteiger partial charge is 0.311 e. The number of hydrogen-bond acceptors (Lipinski definition) is 3. The number of amides is 1. The van der Waals surface area contributed by atoms with Gasteiger partial charge in [0.1, 0.15) is 5.25 Å². The van der Waals surface area contributed by atoms with E-state index in [0.29, 0.717) is 0 Å². The van der Waals surface area contributed by atoms with E-state index in [1.807, 2.05) is 0 Å². The average molecular weight is 407 g/mol. The molecule has 2 rings (SSSR count). The SMILES string of the molecule is O=C1CC(S(=O)(=O)Cl)CN1c1cc(Br)cc(C(F)(F)F)c1. The van der Waals surface area contributed by atoms with Gasteiger partial charge in [-0.1, -0.05) is 15.9 Å². The van der Waals surface area contributed by atoms with Crippen molar-refractivity contribution in [2.45, 2.75) is 17.8 Å². The zero-order chi connectivity index (χ0) is 16.0. The lowest BCUT2D eigenvalue weighted by Crippen LogP contribution is -2.27. The van der Waals surface area contributed by atoms with Gasteiger partial charge in [0.25, 0.3) is 0 Å². The van der Waals surface area contributed by atoms with Gasteiger partial charge in [-0.05, 0) is 18.2 Å². The second kappa shape index (κ2) is 5.44. The molecule has 4 nitrogen and oxygen atoms in total. The van der Waals surface area contributed by atoms with Gasteiger partial charge in [-0.25, -0.2) is 8.42 Å². The summed E-state index contributed by atoms with van der Waals surface area (Å²) in [5.41, 5.74) is -0.957. The third-order valence-corrected chi connectivity index (χ3v) is 5.34. The highest BCUT2D eigenvalue weighted by Gasteiger charge is 2.39. The van der Waals surface area contributed by atoms with Gasteiger partial charge < -0.3 is 4.90 Å². The molecule has 0 aliphatic carbocycles. The van der Waals surface area contributed by atoms with Crippen molar-refractivity contribution in [2.75, 3.05) is 11.4 Å². The maximum atomic E-state index is 12.8. The molecule has 1 aliphatic heterocycles. The topological polar surface area (TPSA) is 54.5 Å². The average Bonchev–Trinajstić information content (AvgIpc) is 2.69. The molecule has 0 spiro atoms. The molecule has 1 atom stereocenters. The predicted octanol–water partition coefficient (Wildman–Crippen LogP) is 3.14. The zero-order valence-corrected chi connectivity index (χ0v) is 13.4. The van der Waals surface area contributed by atoms with Crippen LogP contribution in [0.4, 0.5) is 18.9 Å². The van der Waals surface area contributed by atoms with E-state index in [-0.39, 0.29) is 23.1 Å². The molecule has 10 heteroatoms. The van der Waals surface area contributed by atoms with E-state index < -0.39 is 31.9 Å². The van der Waals surface area contributed by atoms with Gasteiger partial charge in [-0.15, -0.1) is 0 Å². The first-order valence-electron chi connectivity index (χ1n) is 5.60. The number of alkyl halides is 3. The summed E-state index contributed by atoms with van der Waals surface area (Å²) >= 11 is 2.94. The van der Waals surface area contributed by atoms with Crippen molar-refractivity contribution >= 4 is 47.3 Å². The zero-order valence-electron chi connectivity index (χ0n) is 10.2. The maximum Gasteiger partial charge on any atom is 0.416 e. The second-order valence-corrected chi connectivity index (χ2v) is 8.33. The number of halogens is 5. The molecule has 0 radical (unpaired) electrons. The highest BCUT2D eigenvalue weighted by Crippen LogP contribution is 2.36. The molecule has 116 valence electrons. The highest BCUT2D eigenvalue weighted by atomic mass is 79.9. The van der Waals surface area contributed by atoms with E-state index >= 15 is 0 Å². The van der Waals surface area contributed by atoms with Crippen molar-refractivity contribution in [2.24, 2.45) is 0 Å². The van der Waals surface area contributed by atoms with Crippen LogP contribution in [0.15, 0.2) is 22.7 Å². The van der Waals surface area contributed by atoms with Gasteiger partial charge in [-0.2, -0.15) is 13.2 Å². The summed E-state index contributed by atoms with van der Waals surface area (Å²) in [6, 6.07) is 2.99. The Morgan fingerprint density at radius 3 is 2.38 bits per heavy atom. The molecule has 0 N–H and O–H groups in total. The van der Waals surface area contributed by atoms with E-state index in [9.17, 15) is 26.4 Å². The lowest BCUT2D eigenvalue weighted by molar-refractivity contribution is -0.137. The van der Waals surface area contributed by atoms with Crippen molar-refractivity contribution in [1.82, 2.24) is 0 Å². The number of anilines is 1. The summed E-state index contributed by atoms with van der Waals surface area (Å²) in [6.07, 6.45) is -4.92. The Balaban J connectivity index is 2.39. The third kappa shape index (κ3) is 3.70. The Morgan fingerprint density at radius 2 is 1.90 bits per heavy atom. The second-order valence-electron chi connectivity index (χ2n) is 4.50. The molecule has 1 unspecified atom stereocenters. The van der Waals surface area contributed by atoms with Crippen LogP contribution in [-0.4, -0.2) is 26.1 Å².